The van der Waals surface area contributed by atoms with E-state index in [1.807, 2.05) is 6.07 Å². The zero-order chi connectivity index (χ0) is 22.0. The van der Waals surface area contributed by atoms with Crippen molar-refractivity contribution in [3.63, 3.8) is 0 Å². The summed E-state index contributed by atoms with van der Waals surface area (Å²) < 4.78 is 1.66. The lowest BCUT2D eigenvalue weighted by molar-refractivity contribution is -0.121. The van der Waals surface area contributed by atoms with E-state index >= 15 is 0 Å². The number of fused-ring (bicyclic) bond motifs is 1. The summed E-state index contributed by atoms with van der Waals surface area (Å²) in [5.41, 5.74) is 7.63. The highest BCUT2D eigenvalue weighted by Gasteiger charge is 2.21. The molecule has 2 aromatic heterocycles. The van der Waals surface area contributed by atoms with E-state index in [1.165, 1.54) is 0 Å². The molecule has 4 rings (SSSR count). The lowest BCUT2D eigenvalue weighted by atomic mass is 10.1. The normalized spacial score (nSPS) is 10.8. The van der Waals surface area contributed by atoms with Gasteiger partial charge < -0.3 is 0 Å². The lowest BCUT2D eigenvalue weighted by Gasteiger charge is -2.09. The Labute approximate surface area is 192 Å². The largest absolute Gasteiger partial charge is 0.295 e. The van der Waals surface area contributed by atoms with Gasteiger partial charge in [0.25, 0.3) is 5.91 Å². The van der Waals surface area contributed by atoms with Gasteiger partial charge in [0.05, 0.1) is 16.5 Å². The number of pyridine rings is 1. The molecule has 9 heteroatoms. The molecule has 2 heterocycles. The molecule has 0 bridgehead atoms. The number of imidazole rings is 1. The van der Waals surface area contributed by atoms with Gasteiger partial charge in [-0.25, -0.2) is 4.98 Å². The summed E-state index contributed by atoms with van der Waals surface area (Å²) in [7, 11) is 0. The van der Waals surface area contributed by atoms with Crippen LogP contribution in [0.5, 0.6) is 0 Å². The molecular formula is C22H15Cl3N4O2. The first kappa shape index (κ1) is 21.2. The predicted molar refractivity (Wildman–Crippen MR) is 121 cm³/mol. The molecule has 0 spiro atoms. The minimum Gasteiger partial charge on any atom is -0.295 e. The maximum absolute atomic E-state index is 13.0. The zero-order valence-electron chi connectivity index (χ0n) is 15.9. The van der Waals surface area contributed by atoms with E-state index in [9.17, 15) is 9.59 Å². The number of nitrogens with one attached hydrogen (secondary N) is 2. The molecule has 0 saturated carbocycles. The second-order valence-electron chi connectivity index (χ2n) is 6.67. The van der Waals surface area contributed by atoms with Crippen molar-refractivity contribution < 1.29 is 9.59 Å². The van der Waals surface area contributed by atoms with Crippen molar-refractivity contribution in [1.82, 2.24) is 20.2 Å². The van der Waals surface area contributed by atoms with E-state index in [2.05, 4.69) is 15.8 Å². The van der Waals surface area contributed by atoms with E-state index in [0.29, 0.717) is 32.0 Å². The summed E-state index contributed by atoms with van der Waals surface area (Å²) in [6.45, 7) is 0. The van der Waals surface area contributed by atoms with Crippen molar-refractivity contribution in [2.75, 3.05) is 0 Å². The van der Waals surface area contributed by atoms with E-state index in [0.717, 1.165) is 5.56 Å². The van der Waals surface area contributed by atoms with Gasteiger partial charge in [0.2, 0.25) is 5.91 Å². The van der Waals surface area contributed by atoms with Crippen LogP contribution in [0.2, 0.25) is 15.1 Å². The first-order valence-corrected chi connectivity index (χ1v) is 10.3. The second kappa shape index (κ2) is 8.98. The average Bonchev–Trinajstić information content (AvgIpc) is 3.15. The Morgan fingerprint density at radius 1 is 0.903 bits per heavy atom. The number of carbonyl (C=O) groups excluding carboxylic acids is 2. The third-order valence-corrected chi connectivity index (χ3v) is 5.52. The molecule has 0 aliphatic carbocycles. The van der Waals surface area contributed by atoms with Gasteiger partial charge >= 0.3 is 0 Å². The number of hydrazine groups is 1. The fourth-order valence-electron chi connectivity index (χ4n) is 3.09. The molecule has 4 aromatic rings. The third-order valence-electron chi connectivity index (χ3n) is 4.53. The molecule has 156 valence electrons. The number of carbonyl (C=O) groups is 2. The molecule has 6 nitrogen and oxygen atoms in total. The molecule has 31 heavy (non-hydrogen) atoms. The number of benzene rings is 2. The molecule has 0 radical (unpaired) electrons. The highest BCUT2D eigenvalue weighted by molar-refractivity contribution is 6.42. The monoisotopic (exact) mass is 472 g/mol. The highest BCUT2D eigenvalue weighted by Crippen LogP contribution is 2.26. The number of halogens is 3. The molecule has 2 amide bonds. The Balaban J connectivity index is 1.55. The minimum atomic E-state index is -0.508. The molecule has 0 saturated heterocycles. The highest BCUT2D eigenvalue weighted by atomic mass is 35.5. The maximum Gasteiger partial charge on any atom is 0.288 e. The van der Waals surface area contributed by atoms with Crippen LogP contribution in [0.15, 0.2) is 66.9 Å². The van der Waals surface area contributed by atoms with E-state index in [4.69, 9.17) is 34.8 Å². The van der Waals surface area contributed by atoms with Crippen LogP contribution in [-0.2, 0) is 11.2 Å². The molecule has 0 aliphatic rings. The van der Waals surface area contributed by atoms with Crippen LogP contribution >= 0.6 is 34.8 Å². The average molecular weight is 474 g/mol. The van der Waals surface area contributed by atoms with Gasteiger partial charge in [-0.3, -0.25) is 24.8 Å². The summed E-state index contributed by atoms with van der Waals surface area (Å²) in [4.78, 5) is 29.9. The second-order valence-corrected chi connectivity index (χ2v) is 7.92. The van der Waals surface area contributed by atoms with Gasteiger partial charge in [0.15, 0.2) is 0 Å². The van der Waals surface area contributed by atoms with Crippen LogP contribution in [0.4, 0.5) is 0 Å². The smallest absolute Gasteiger partial charge is 0.288 e. The van der Waals surface area contributed by atoms with Gasteiger partial charge in [-0.2, -0.15) is 0 Å². The summed E-state index contributed by atoms with van der Waals surface area (Å²) in [5, 5.41) is 1.34. The van der Waals surface area contributed by atoms with Crippen molar-refractivity contribution in [2.45, 2.75) is 6.42 Å². The van der Waals surface area contributed by atoms with Crippen LogP contribution in [0, 0.1) is 0 Å². The van der Waals surface area contributed by atoms with Crippen LogP contribution in [0.25, 0.3) is 16.9 Å². The first-order valence-electron chi connectivity index (χ1n) is 9.18. The van der Waals surface area contributed by atoms with Gasteiger partial charge in [0, 0.05) is 16.8 Å². The molecule has 2 aromatic carbocycles. The summed E-state index contributed by atoms with van der Waals surface area (Å²) in [6, 6.07) is 17.3. The van der Waals surface area contributed by atoms with E-state index in [1.54, 1.807) is 65.2 Å². The fourth-order valence-corrected chi connectivity index (χ4v) is 3.53. The Bertz CT molecular complexity index is 1290. The quantitative estimate of drug-likeness (QED) is 0.411. The Hall–Kier alpha value is -3.06. The van der Waals surface area contributed by atoms with Crippen LogP contribution in [0.3, 0.4) is 0 Å². The Morgan fingerprint density at radius 3 is 2.42 bits per heavy atom. The number of nitrogens with zero attached hydrogens (tertiary/aromatic N) is 2. The fraction of sp³-hybridized carbons (Fsp3) is 0.0455. The van der Waals surface area contributed by atoms with Crippen molar-refractivity contribution >= 4 is 52.3 Å². The lowest BCUT2D eigenvalue weighted by Crippen LogP contribution is -2.43. The van der Waals surface area contributed by atoms with Crippen molar-refractivity contribution in [3.05, 3.63) is 93.2 Å². The molecule has 0 fully saturated rings. The van der Waals surface area contributed by atoms with Crippen molar-refractivity contribution in [3.8, 4) is 11.3 Å². The van der Waals surface area contributed by atoms with Gasteiger partial charge in [0.1, 0.15) is 17.0 Å². The zero-order valence-corrected chi connectivity index (χ0v) is 18.2. The number of hydrogen-bond donors (Lipinski definition) is 2. The van der Waals surface area contributed by atoms with E-state index in [-0.39, 0.29) is 12.1 Å². The topological polar surface area (TPSA) is 75.5 Å². The summed E-state index contributed by atoms with van der Waals surface area (Å²) in [6.07, 6.45) is 1.75. The van der Waals surface area contributed by atoms with Gasteiger partial charge in [-0.15, -0.1) is 0 Å². The summed E-state index contributed by atoms with van der Waals surface area (Å²) in [5.74, 6) is -0.917. The van der Waals surface area contributed by atoms with Crippen LogP contribution in [-0.4, -0.2) is 21.2 Å². The third kappa shape index (κ3) is 4.66. The molecule has 2 N–H and O–H groups in total. The number of amides is 2. The van der Waals surface area contributed by atoms with Gasteiger partial charge in [-0.05, 0) is 42.0 Å². The Morgan fingerprint density at radius 2 is 1.68 bits per heavy atom. The summed E-state index contributed by atoms with van der Waals surface area (Å²) >= 11 is 17.9. The molecule has 0 unspecified atom stereocenters. The van der Waals surface area contributed by atoms with Crippen molar-refractivity contribution in [2.24, 2.45) is 0 Å². The number of aromatic nitrogens is 2. The van der Waals surface area contributed by atoms with Crippen molar-refractivity contribution in [1.29, 1.82) is 0 Å². The SMILES string of the molecule is O=C(Cc1ccc(Cl)c(Cl)c1)NNC(=O)c1c(-c2ccc(Cl)cc2)nc2ccccn12. The van der Waals surface area contributed by atoms with Crippen LogP contribution in [0.1, 0.15) is 16.1 Å². The molecular weight excluding hydrogens is 459 g/mol. The molecule has 0 aliphatic heterocycles. The number of hydrogen-bond acceptors (Lipinski definition) is 3. The first-order chi connectivity index (χ1) is 14.9. The number of rotatable bonds is 4. The maximum atomic E-state index is 13.0. The van der Waals surface area contributed by atoms with Crippen LogP contribution < -0.4 is 10.9 Å². The van der Waals surface area contributed by atoms with Gasteiger partial charge in [-0.1, -0.05) is 59.1 Å². The minimum absolute atomic E-state index is 0.0222. The molecule has 0 atom stereocenters. The van der Waals surface area contributed by atoms with E-state index < -0.39 is 11.8 Å². The predicted octanol–water partition coefficient (Wildman–Crippen LogP) is 4.97. The Kier molecular flexibility index (Phi) is 6.13. The standard InChI is InChI=1S/C22H15Cl3N4O2/c23-15-7-5-14(6-8-15)20-21(29-10-2-1-3-18(29)26-20)22(31)28-27-19(30)12-13-4-9-16(24)17(25)11-13/h1-11H,12H2,(H,27,30)(H,28,31).